The monoisotopic (exact) mass is 470 g/mol. The van der Waals surface area contributed by atoms with E-state index in [1.807, 2.05) is 0 Å². The van der Waals surface area contributed by atoms with Gasteiger partial charge in [-0.3, -0.25) is 14.3 Å². The van der Waals surface area contributed by atoms with E-state index in [4.69, 9.17) is 4.74 Å². The molecule has 0 aliphatic carbocycles. The van der Waals surface area contributed by atoms with Crippen molar-refractivity contribution < 1.29 is 27.1 Å². The Morgan fingerprint density at radius 2 is 1.55 bits per heavy atom. The largest absolute Gasteiger partial charge is 0.497 e. The molecule has 3 rings (SSSR count). The van der Waals surface area contributed by atoms with Crippen LogP contribution in [0.4, 0.5) is 15.8 Å². The highest BCUT2D eigenvalue weighted by atomic mass is 32.2. The van der Waals surface area contributed by atoms with Gasteiger partial charge in [0.15, 0.2) is 5.78 Å². The summed E-state index contributed by atoms with van der Waals surface area (Å²) in [6.45, 7) is 1.65. The molecule has 0 saturated carbocycles. The lowest BCUT2D eigenvalue weighted by atomic mass is 10.1. The molecule has 0 aromatic heterocycles. The zero-order valence-electron chi connectivity index (χ0n) is 18.1. The highest BCUT2D eigenvalue weighted by Gasteiger charge is 2.19. The van der Waals surface area contributed by atoms with E-state index >= 15 is 0 Å². The molecular weight excluding hydrogens is 447 g/mol. The fraction of sp³-hybridized carbons (Fsp3) is 0.167. The summed E-state index contributed by atoms with van der Waals surface area (Å²) in [6.07, 6.45) is -0.163. The molecule has 0 heterocycles. The number of hydrogen-bond donors (Lipinski definition) is 2. The first-order chi connectivity index (χ1) is 15.7. The fourth-order valence-corrected chi connectivity index (χ4v) is 4.40. The predicted octanol–water partition coefficient (Wildman–Crippen LogP) is 4.55. The lowest BCUT2D eigenvalue weighted by Crippen LogP contribution is -2.16. The van der Waals surface area contributed by atoms with Crippen molar-refractivity contribution in [3.8, 4) is 5.75 Å². The molecule has 0 radical (unpaired) electrons. The molecule has 2 N–H and O–H groups in total. The van der Waals surface area contributed by atoms with Crippen LogP contribution in [0.3, 0.4) is 0 Å². The van der Waals surface area contributed by atoms with Crippen LogP contribution in [-0.4, -0.2) is 27.2 Å². The Hall–Kier alpha value is -3.72. The average molecular weight is 471 g/mol. The maximum absolute atomic E-state index is 13.0. The number of sulfonamides is 1. The first-order valence-corrected chi connectivity index (χ1v) is 11.5. The molecule has 7 nitrogen and oxygen atoms in total. The van der Waals surface area contributed by atoms with Crippen LogP contribution in [-0.2, 0) is 14.8 Å². The third kappa shape index (κ3) is 6.39. The summed E-state index contributed by atoms with van der Waals surface area (Å²) >= 11 is 0. The number of aryl methyl sites for hydroxylation is 1. The Morgan fingerprint density at radius 1 is 0.909 bits per heavy atom. The molecule has 3 aromatic carbocycles. The molecule has 0 spiro atoms. The van der Waals surface area contributed by atoms with E-state index in [1.165, 1.54) is 37.4 Å². The Kier molecular flexibility index (Phi) is 7.44. The quantitative estimate of drug-likeness (QED) is 0.447. The van der Waals surface area contributed by atoms with E-state index in [2.05, 4.69) is 10.0 Å². The Morgan fingerprint density at radius 3 is 2.18 bits per heavy atom. The predicted molar refractivity (Wildman–Crippen MR) is 124 cm³/mol. The third-order valence-corrected chi connectivity index (χ3v) is 6.37. The normalized spacial score (nSPS) is 11.0. The molecule has 0 unspecified atom stereocenters. The molecule has 3 aromatic rings. The third-order valence-electron chi connectivity index (χ3n) is 4.85. The average Bonchev–Trinajstić information content (AvgIpc) is 2.79. The van der Waals surface area contributed by atoms with E-state index in [1.54, 1.807) is 43.3 Å². The van der Waals surface area contributed by atoms with Gasteiger partial charge in [-0.2, -0.15) is 0 Å². The van der Waals surface area contributed by atoms with Gasteiger partial charge in [-0.1, -0.05) is 6.07 Å². The molecule has 0 bridgehead atoms. The van der Waals surface area contributed by atoms with Crippen molar-refractivity contribution in [2.75, 3.05) is 17.1 Å². The summed E-state index contributed by atoms with van der Waals surface area (Å²) in [6, 6.07) is 16.0. The van der Waals surface area contributed by atoms with Gasteiger partial charge in [0.2, 0.25) is 5.91 Å². The number of amides is 1. The maximum Gasteiger partial charge on any atom is 0.262 e. The van der Waals surface area contributed by atoms with E-state index in [0.29, 0.717) is 22.6 Å². The minimum Gasteiger partial charge on any atom is -0.497 e. The van der Waals surface area contributed by atoms with Crippen LogP contribution in [0, 0.1) is 12.7 Å². The summed E-state index contributed by atoms with van der Waals surface area (Å²) in [5.74, 6) is -0.588. The SMILES string of the molecule is COc1ccc(NS(=O)(=O)c2cc(NC(=O)CCC(=O)c3ccc(F)cc3)ccc2C)cc1. The van der Waals surface area contributed by atoms with E-state index in [9.17, 15) is 22.4 Å². The van der Waals surface area contributed by atoms with Crippen LogP contribution < -0.4 is 14.8 Å². The summed E-state index contributed by atoms with van der Waals surface area (Å²) in [5.41, 5.74) is 1.47. The number of carbonyl (C=O) groups excluding carboxylic acids is 2. The molecule has 33 heavy (non-hydrogen) atoms. The molecule has 9 heteroatoms. The van der Waals surface area contributed by atoms with Crippen LogP contribution in [0.1, 0.15) is 28.8 Å². The topological polar surface area (TPSA) is 102 Å². The van der Waals surface area contributed by atoms with Gasteiger partial charge in [0.05, 0.1) is 12.0 Å². The number of carbonyl (C=O) groups is 2. The van der Waals surface area contributed by atoms with Crippen LogP contribution in [0.15, 0.2) is 71.6 Å². The van der Waals surface area contributed by atoms with Crippen LogP contribution in [0.5, 0.6) is 5.75 Å². The first kappa shape index (κ1) is 23.9. The number of ether oxygens (including phenoxy) is 1. The molecule has 0 fully saturated rings. The van der Waals surface area contributed by atoms with Gasteiger partial charge < -0.3 is 10.1 Å². The van der Waals surface area contributed by atoms with Gasteiger partial charge >= 0.3 is 0 Å². The zero-order valence-corrected chi connectivity index (χ0v) is 18.9. The first-order valence-electron chi connectivity index (χ1n) is 10.0. The Labute approximate surface area is 191 Å². The molecular formula is C24H23FN2O5S. The van der Waals surface area contributed by atoms with Gasteiger partial charge in [-0.15, -0.1) is 0 Å². The minimum absolute atomic E-state index is 0.0125. The Balaban J connectivity index is 1.66. The van der Waals surface area contributed by atoms with Crippen LogP contribution in [0.2, 0.25) is 0 Å². The number of anilines is 2. The van der Waals surface area contributed by atoms with Crippen molar-refractivity contribution in [3.63, 3.8) is 0 Å². The van der Waals surface area contributed by atoms with Gasteiger partial charge in [-0.25, -0.2) is 12.8 Å². The lowest BCUT2D eigenvalue weighted by Gasteiger charge is -2.13. The van der Waals surface area contributed by atoms with Crippen molar-refractivity contribution in [3.05, 3.63) is 83.7 Å². The van der Waals surface area contributed by atoms with Gasteiger partial charge in [-0.05, 0) is 73.2 Å². The van der Waals surface area contributed by atoms with Crippen molar-refractivity contribution in [2.24, 2.45) is 0 Å². The number of hydrogen-bond acceptors (Lipinski definition) is 5. The number of methoxy groups -OCH3 is 1. The second kappa shape index (κ2) is 10.3. The lowest BCUT2D eigenvalue weighted by molar-refractivity contribution is -0.116. The number of ketones is 1. The molecule has 0 aliphatic heterocycles. The molecule has 0 aliphatic rings. The van der Waals surface area contributed by atoms with E-state index < -0.39 is 21.7 Å². The van der Waals surface area contributed by atoms with Gasteiger partial charge in [0.25, 0.3) is 10.0 Å². The standard InChI is InChI=1S/C24H23FN2O5S/c1-16-3-8-20(26-24(29)14-13-22(28)17-4-6-18(25)7-5-17)15-23(16)33(30,31)27-19-9-11-21(32-2)12-10-19/h3-12,15,27H,13-14H2,1-2H3,(H,26,29). The number of benzene rings is 3. The van der Waals surface area contributed by atoms with Crippen molar-refractivity contribution >= 4 is 33.1 Å². The minimum atomic E-state index is -3.91. The van der Waals surface area contributed by atoms with Gasteiger partial charge in [0, 0.05) is 29.8 Å². The second-order valence-electron chi connectivity index (χ2n) is 7.29. The number of halogens is 1. The summed E-state index contributed by atoms with van der Waals surface area (Å²) < 4.78 is 46.3. The highest BCUT2D eigenvalue weighted by molar-refractivity contribution is 7.92. The van der Waals surface area contributed by atoms with Crippen molar-refractivity contribution in [1.82, 2.24) is 0 Å². The number of Topliss-reactive ketones (excluding diaryl/α,β-unsaturated/α-hetero) is 1. The van der Waals surface area contributed by atoms with E-state index in [0.717, 1.165) is 0 Å². The summed E-state index contributed by atoms with van der Waals surface area (Å²) in [5, 5.41) is 2.62. The van der Waals surface area contributed by atoms with E-state index in [-0.39, 0.29) is 29.2 Å². The molecule has 0 saturated heterocycles. The highest BCUT2D eigenvalue weighted by Crippen LogP contribution is 2.24. The maximum atomic E-state index is 13.0. The molecule has 1 amide bonds. The van der Waals surface area contributed by atoms with Crippen molar-refractivity contribution in [2.45, 2.75) is 24.7 Å². The molecule has 0 atom stereocenters. The Bertz CT molecular complexity index is 1260. The molecule has 172 valence electrons. The van der Waals surface area contributed by atoms with Crippen molar-refractivity contribution in [1.29, 1.82) is 0 Å². The number of rotatable bonds is 9. The summed E-state index contributed by atoms with van der Waals surface area (Å²) in [7, 11) is -2.40. The van der Waals surface area contributed by atoms with Crippen LogP contribution >= 0.6 is 0 Å². The van der Waals surface area contributed by atoms with Crippen LogP contribution in [0.25, 0.3) is 0 Å². The van der Waals surface area contributed by atoms with Gasteiger partial charge in [0.1, 0.15) is 11.6 Å². The fourth-order valence-electron chi connectivity index (χ4n) is 3.07. The zero-order chi connectivity index (χ0) is 24.0. The second-order valence-corrected chi connectivity index (χ2v) is 8.94. The number of nitrogens with one attached hydrogen (secondary N) is 2. The summed E-state index contributed by atoms with van der Waals surface area (Å²) in [4.78, 5) is 24.5. The smallest absolute Gasteiger partial charge is 0.262 e.